The Bertz CT molecular complexity index is 432. The number of carbonyl (C=O) groups excluding carboxylic acids is 1. The van der Waals surface area contributed by atoms with Crippen molar-refractivity contribution in [1.82, 2.24) is 10.6 Å². The van der Waals surface area contributed by atoms with Gasteiger partial charge >= 0.3 is 0 Å². The van der Waals surface area contributed by atoms with Crippen molar-refractivity contribution < 1.29 is 9.53 Å². The highest BCUT2D eigenvalue weighted by Gasteiger charge is 2.15. The summed E-state index contributed by atoms with van der Waals surface area (Å²) in [4.78, 5) is 11.6. The molecule has 1 aromatic rings. The molecule has 0 radical (unpaired) electrons. The first-order chi connectivity index (χ1) is 8.99. The van der Waals surface area contributed by atoms with Crippen LogP contribution in [0.15, 0.2) is 18.2 Å². The fourth-order valence-electron chi connectivity index (χ4n) is 1.80. The van der Waals surface area contributed by atoms with Crippen LogP contribution < -0.4 is 15.4 Å². The normalized spacial score (nSPS) is 13.7. The van der Waals surface area contributed by atoms with Gasteiger partial charge in [-0.3, -0.25) is 4.79 Å². The van der Waals surface area contributed by atoms with Crippen LogP contribution in [0.4, 0.5) is 0 Å². The number of hydrogen-bond acceptors (Lipinski definition) is 3. The van der Waals surface area contributed by atoms with Gasteiger partial charge in [0, 0.05) is 12.6 Å². The summed E-state index contributed by atoms with van der Waals surface area (Å²) < 4.78 is 5.70. The number of likely N-dealkylation sites (N-methyl/N-ethyl adjacent to an activating group) is 1. The maximum absolute atomic E-state index is 11.6. The van der Waals surface area contributed by atoms with Crippen LogP contribution in [-0.4, -0.2) is 25.6 Å². The third-order valence-corrected chi connectivity index (χ3v) is 3.16. The lowest BCUT2D eigenvalue weighted by Crippen LogP contribution is -2.36. The molecule has 0 saturated heterocycles. The predicted octanol–water partition coefficient (Wildman–Crippen LogP) is 2.18. The number of aryl methyl sites for hydroxylation is 1. The summed E-state index contributed by atoms with van der Waals surface area (Å²) >= 11 is 0. The van der Waals surface area contributed by atoms with Gasteiger partial charge in [0.1, 0.15) is 5.75 Å². The van der Waals surface area contributed by atoms with E-state index < -0.39 is 6.10 Å². The lowest BCUT2D eigenvalue weighted by atomic mass is 10.1. The molecular weight excluding hydrogens is 240 g/mol. The summed E-state index contributed by atoms with van der Waals surface area (Å²) in [6, 6.07) is 6.33. The van der Waals surface area contributed by atoms with Crippen molar-refractivity contribution >= 4 is 5.91 Å². The van der Waals surface area contributed by atoms with Crippen LogP contribution in [0.2, 0.25) is 0 Å². The molecule has 2 N–H and O–H groups in total. The molecule has 1 aromatic carbocycles. The average Bonchev–Trinajstić information content (AvgIpc) is 2.40. The third-order valence-electron chi connectivity index (χ3n) is 3.16. The van der Waals surface area contributed by atoms with Crippen molar-refractivity contribution in [2.24, 2.45) is 0 Å². The zero-order valence-electron chi connectivity index (χ0n) is 12.4. The molecule has 0 aliphatic carbocycles. The summed E-state index contributed by atoms with van der Waals surface area (Å²) in [7, 11) is 1.93. The van der Waals surface area contributed by atoms with E-state index in [4.69, 9.17) is 4.74 Å². The molecule has 0 aliphatic rings. The lowest BCUT2D eigenvalue weighted by molar-refractivity contribution is -0.127. The van der Waals surface area contributed by atoms with Gasteiger partial charge in [-0.1, -0.05) is 12.1 Å². The third kappa shape index (κ3) is 4.24. The fraction of sp³-hybridized carbons (Fsp3) is 0.533. The Morgan fingerprint density at radius 1 is 1.37 bits per heavy atom. The van der Waals surface area contributed by atoms with E-state index in [0.29, 0.717) is 12.6 Å². The van der Waals surface area contributed by atoms with Gasteiger partial charge in [-0.2, -0.15) is 0 Å². The molecule has 0 saturated carbocycles. The van der Waals surface area contributed by atoms with E-state index >= 15 is 0 Å². The van der Waals surface area contributed by atoms with Crippen LogP contribution in [0.3, 0.4) is 0 Å². The van der Waals surface area contributed by atoms with Crippen LogP contribution >= 0.6 is 0 Å². The van der Waals surface area contributed by atoms with Crippen molar-refractivity contribution in [1.29, 1.82) is 0 Å². The molecule has 0 heterocycles. The second-order valence-corrected chi connectivity index (χ2v) is 4.69. The summed E-state index contributed by atoms with van der Waals surface area (Å²) in [5.74, 6) is 0.667. The van der Waals surface area contributed by atoms with Gasteiger partial charge in [0.25, 0.3) is 5.91 Å². The van der Waals surface area contributed by atoms with Crippen molar-refractivity contribution in [2.45, 2.75) is 39.8 Å². The van der Waals surface area contributed by atoms with Crippen LogP contribution in [-0.2, 0) is 4.79 Å². The Labute approximate surface area is 115 Å². The fourth-order valence-corrected chi connectivity index (χ4v) is 1.80. The molecule has 2 atom stereocenters. The van der Waals surface area contributed by atoms with Gasteiger partial charge in [-0.25, -0.2) is 0 Å². The van der Waals surface area contributed by atoms with E-state index in [1.165, 1.54) is 5.56 Å². The number of ether oxygens (including phenoxy) is 1. The molecule has 106 valence electrons. The van der Waals surface area contributed by atoms with Crippen molar-refractivity contribution in [2.75, 3.05) is 13.6 Å². The summed E-state index contributed by atoms with van der Waals surface area (Å²) in [6.07, 6.45) is -0.480. The Morgan fingerprint density at radius 3 is 2.58 bits per heavy atom. The smallest absolute Gasteiger partial charge is 0.260 e. The maximum Gasteiger partial charge on any atom is 0.260 e. The van der Waals surface area contributed by atoms with E-state index in [9.17, 15) is 4.79 Å². The van der Waals surface area contributed by atoms with Crippen molar-refractivity contribution in [3.05, 3.63) is 29.3 Å². The van der Waals surface area contributed by atoms with E-state index in [1.54, 1.807) is 6.92 Å². The van der Waals surface area contributed by atoms with Gasteiger partial charge in [-0.15, -0.1) is 0 Å². The van der Waals surface area contributed by atoms with Crippen molar-refractivity contribution in [3.8, 4) is 5.75 Å². The monoisotopic (exact) mass is 264 g/mol. The van der Waals surface area contributed by atoms with E-state index in [-0.39, 0.29) is 5.91 Å². The van der Waals surface area contributed by atoms with Crippen LogP contribution in [0.25, 0.3) is 0 Å². The molecule has 0 spiro atoms. The molecule has 0 aliphatic heterocycles. The first-order valence-electron chi connectivity index (χ1n) is 6.71. The van der Waals surface area contributed by atoms with Gasteiger partial charge < -0.3 is 15.4 Å². The van der Waals surface area contributed by atoms with Gasteiger partial charge in [-0.05, 0) is 51.9 Å². The Hall–Kier alpha value is -1.55. The molecule has 1 amide bonds. The number of benzene rings is 1. The minimum Gasteiger partial charge on any atom is -0.481 e. The van der Waals surface area contributed by atoms with Gasteiger partial charge in [0.2, 0.25) is 0 Å². The molecule has 4 heteroatoms. The first kappa shape index (κ1) is 15.5. The molecule has 0 bridgehead atoms. The molecule has 1 rings (SSSR count). The highest BCUT2D eigenvalue weighted by atomic mass is 16.5. The SMILES string of the molecule is CCNC(=O)C(C)Oc1ccc(C(C)NC)cc1C. The number of rotatable bonds is 6. The Morgan fingerprint density at radius 2 is 2.05 bits per heavy atom. The zero-order chi connectivity index (χ0) is 14.4. The highest BCUT2D eigenvalue weighted by Crippen LogP contribution is 2.23. The van der Waals surface area contributed by atoms with Crippen LogP contribution in [0, 0.1) is 6.92 Å². The van der Waals surface area contributed by atoms with E-state index in [2.05, 4.69) is 23.6 Å². The summed E-state index contributed by atoms with van der Waals surface area (Å²) in [5.41, 5.74) is 2.24. The van der Waals surface area contributed by atoms with E-state index in [1.807, 2.05) is 33.0 Å². The Kier molecular flexibility index (Phi) is 5.83. The number of nitrogens with one attached hydrogen (secondary N) is 2. The number of hydrogen-bond donors (Lipinski definition) is 2. The maximum atomic E-state index is 11.6. The predicted molar refractivity (Wildman–Crippen MR) is 77.4 cm³/mol. The number of carbonyl (C=O) groups is 1. The Balaban J connectivity index is 2.77. The quantitative estimate of drug-likeness (QED) is 0.828. The van der Waals surface area contributed by atoms with Crippen molar-refractivity contribution in [3.63, 3.8) is 0 Å². The highest BCUT2D eigenvalue weighted by molar-refractivity contribution is 5.80. The molecule has 2 unspecified atom stereocenters. The summed E-state index contributed by atoms with van der Waals surface area (Å²) in [5, 5.41) is 5.95. The molecule has 19 heavy (non-hydrogen) atoms. The minimum absolute atomic E-state index is 0.0884. The molecular formula is C15H24N2O2. The topological polar surface area (TPSA) is 50.4 Å². The van der Waals surface area contributed by atoms with E-state index in [0.717, 1.165) is 11.3 Å². The first-order valence-corrected chi connectivity index (χ1v) is 6.71. The van der Waals surface area contributed by atoms with Crippen LogP contribution in [0.5, 0.6) is 5.75 Å². The summed E-state index contributed by atoms with van der Waals surface area (Å²) in [6.45, 7) is 8.36. The second-order valence-electron chi connectivity index (χ2n) is 4.69. The van der Waals surface area contributed by atoms with Gasteiger partial charge in [0.05, 0.1) is 0 Å². The van der Waals surface area contributed by atoms with Gasteiger partial charge in [0.15, 0.2) is 6.10 Å². The molecule has 0 fully saturated rings. The second kappa shape index (κ2) is 7.14. The largest absolute Gasteiger partial charge is 0.481 e. The standard InChI is InChI=1S/C15H24N2O2/c1-6-17-15(18)12(4)19-14-8-7-13(9-10(14)2)11(3)16-5/h7-9,11-12,16H,6H2,1-5H3,(H,17,18). The van der Waals surface area contributed by atoms with Crippen LogP contribution in [0.1, 0.15) is 37.9 Å². The average molecular weight is 264 g/mol. The minimum atomic E-state index is -0.480. The number of amides is 1. The zero-order valence-corrected chi connectivity index (χ0v) is 12.4. The molecule has 0 aromatic heterocycles. The lowest BCUT2D eigenvalue weighted by Gasteiger charge is -2.18. The molecule has 4 nitrogen and oxygen atoms in total.